The minimum atomic E-state index is -0.356. The lowest BCUT2D eigenvalue weighted by Crippen LogP contribution is -1.67. The second-order valence-corrected chi connectivity index (χ2v) is 1.06. The van der Waals surface area contributed by atoms with E-state index in [1.165, 1.54) is 6.92 Å². The largest absolute Gasteiger partial charge is 0.544 e. The van der Waals surface area contributed by atoms with Crippen LogP contribution >= 0.6 is 0 Å². The molecule has 0 aromatic carbocycles. The zero-order chi connectivity index (χ0) is 4.99. The summed E-state index contributed by atoms with van der Waals surface area (Å²) >= 11 is 0. The Labute approximate surface area is 39.4 Å². The first-order chi connectivity index (χ1) is 2.77. The monoisotopic (exact) mass is 103 g/mol. The molecule has 3 radical (unpaired) electrons. The number of rotatable bonds is 1. The zero-order valence-corrected chi connectivity index (χ0v) is 4.36. The van der Waals surface area contributed by atoms with Crippen LogP contribution in [0.25, 0.3) is 0 Å². The highest BCUT2D eigenvalue weighted by atomic mass is 28.2. The molecule has 0 atom stereocenters. The lowest BCUT2D eigenvalue weighted by atomic mass is 10.7. The Bertz CT molecular complexity index is 57.8. The molecule has 0 bridgehead atoms. The Balaban J connectivity index is 3.14. The molecule has 0 aromatic heterocycles. The molecule has 0 amide bonds. The van der Waals surface area contributed by atoms with Gasteiger partial charge in [-0.05, 0) is 6.92 Å². The summed E-state index contributed by atoms with van der Waals surface area (Å²) in [6.07, 6.45) is 0.955. The minimum Gasteiger partial charge on any atom is -0.544 e. The molecule has 0 fully saturated rings. The molecule has 1 nitrogen and oxygen atoms in total. The lowest BCUT2D eigenvalue weighted by Gasteiger charge is -1.81. The van der Waals surface area contributed by atoms with Gasteiger partial charge in [0.2, 0.25) is 0 Å². The quantitative estimate of drug-likeness (QED) is 0.354. The van der Waals surface area contributed by atoms with Crippen molar-refractivity contribution in [1.82, 2.24) is 0 Å². The van der Waals surface area contributed by atoms with Crippen LogP contribution in [0, 0.1) is 0 Å². The van der Waals surface area contributed by atoms with E-state index in [0.29, 0.717) is 0 Å². The van der Waals surface area contributed by atoms with E-state index >= 15 is 0 Å². The lowest BCUT2D eigenvalue weighted by molar-refractivity contribution is 0.491. The molecular formula is C3H4FOSi. The smallest absolute Gasteiger partial charge is 0.340 e. The van der Waals surface area contributed by atoms with Crippen molar-refractivity contribution in [2.75, 3.05) is 0 Å². The van der Waals surface area contributed by atoms with E-state index in [4.69, 9.17) is 0 Å². The van der Waals surface area contributed by atoms with Crippen LogP contribution in [-0.4, -0.2) is 10.5 Å². The summed E-state index contributed by atoms with van der Waals surface area (Å²) in [4.78, 5) is 0. The Hall–Kier alpha value is -0.313. The first-order valence-electron chi connectivity index (χ1n) is 1.42. The normalized spacial score (nSPS) is 11.5. The average molecular weight is 103 g/mol. The van der Waals surface area contributed by atoms with Gasteiger partial charge in [-0.25, -0.2) is 4.39 Å². The summed E-state index contributed by atoms with van der Waals surface area (Å²) < 4.78 is 15.5. The van der Waals surface area contributed by atoms with Gasteiger partial charge in [-0.1, -0.05) is 0 Å². The van der Waals surface area contributed by atoms with Crippen molar-refractivity contribution < 1.29 is 8.82 Å². The van der Waals surface area contributed by atoms with E-state index in [2.05, 4.69) is 14.9 Å². The fourth-order valence-electron chi connectivity index (χ4n) is 0.0812. The maximum absolute atomic E-state index is 11.4. The molecule has 3 heteroatoms. The summed E-state index contributed by atoms with van der Waals surface area (Å²) in [5.74, 6) is -0.356. The Kier molecular flexibility index (Phi) is 2.75. The molecule has 0 aliphatic carbocycles. The summed E-state index contributed by atoms with van der Waals surface area (Å²) in [7, 11) is 2.58. The maximum atomic E-state index is 11.4. The van der Waals surface area contributed by atoms with Crippen LogP contribution in [0.2, 0.25) is 0 Å². The highest BCUT2D eigenvalue weighted by Gasteiger charge is 1.73. The van der Waals surface area contributed by atoms with Crippen LogP contribution in [0.4, 0.5) is 4.39 Å². The third-order valence-electron chi connectivity index (χ3n) is 0.221. The van der Waals surface area contributed by atoms with Gasteiger partial charge < -0.3 is 4.43 Å². The van der Waals surface area contributed by atoms with E-state index < -0.39 is 0 Å². The van der Waals surface area contributed by atoms with Crippen molar-refractivity contribution in [3.63, 3.8) is 0 Å². The summed E-state index contributed by atoms with van der Waals surface area (Å²) in [5, 5.41) is 0. The summed E-state index contributed by atoms with van der Waals surface area (Å²) in [6.45, 7) is 1.29. The van der Waals surface area contributed by atoms with Crippen molar-refractivity contribution in [2.45, 2.75) is 6.92 Å². The Morgan fingerprint density at radius 1 is 2.00 bits per heavy atom. The molecule has 0 saturated carbocycles. The number of allylic oxidation sites excluding steroid dienone is 1. The van der Waals surface area contributed by atoms with Gasteiger partial charge >= 0.3 is 10.5 Å². The molecule has 0 heterocycles. The Morgan fingerprint density at radius 2 is 2.50 bits per heavy atom. The van der Waals surface area contributed by atoms with Crippen molar-refractivity contribution in [1.29, 1.82) is 0 Å². The minimum absolute atomic E-state index is 0.356. The fourth-order valence-corrected chi connectivity index (χ4v) is 0.244. The standard InChI is InChI=1S/C3H4FOSi/c1-3(4)2-5-6/h2H,1H3/b3-2+. The fraction of sp³-hybridized carbons (Fsp3) is 0.333. The zero-order valence-electron chi connectivity index (χ0n) is 3.36. The van der Waals surface area contributed by atoms with Crippen LogP contribution < -0.4 is 0 Å². The van der Waals surface area contributed by atoms with Gasteiger partial charge in [-0.3, -0.25) is 0 Å². The molecule has 0 spiro atoms. The average Bonchev–Trinajstić information content (AvgIpc) is 1.35. The third kappa shape index (κ3) is 3.69. The van der Waals surface area contributed by atoms with Crippen LogP contribution in [0.1, 0.15) is 6.92 Å². The highest BCUT2D eigenvalue weighted by molar-refractivity contribution is 5.98. The van der Waals surface area contributed by atoms with Crippen LogP contribution in [0.5, 0.6) is 0 Å². The van der Waals surface area contributed by atoms with Gasteiger partial charge in [0.15, 0.2) is 0 Å². The first-order valence-corrected chi connectivity index (χ1v) is 1.83. The summed E-state index contributed by atoms with van der Waals surface area (Å²) in [5.41, 5.74) is 0. The first kappa shape index (κ1) is 5.69. The highest BCUT2D eigenvalue weighted by Crippen LogP contribution is 1.89. The van der Waals surface area contributed by atoms with Crippen molar-refractivity contribution in [3.8, 4) is 0 Å². The predicted molar refractivity (Wildman–Crippen MR) is 21.7 cm³/mol. The van der Waals surface area contributed by atoms with Gasteiger partial charge in [-0.15, -0.1) is 0 Å². The molecule has 0 aliphatic rings. The van der Waals surface area contributed by atoms with Gasteiger partial charge in [0, 0.05) is 0 Å². The molecule has 0 aromatic rings. The number of hydrogen-bond acceptors (Lipinski definition) is 1. The van der Waals surface area contributed by atoms with Crippen molar-refractivity contribution in [2.24, 2.45) is 0 Å². The van der Waals surface area contributed by atoms with E-state index in [1.54, 1.807) is 0 Å². The Morgan fingerprint density at radius 3 is 2.50 bits per heavy atom. The third-order valence-corrected chi connectivity index (χ3v) is 0.339. The molecule has 0 aliphatic heterocycles. The van der Waals surface area contributed by atoms with E-state index in [0.717, 1.165) is 6.26 Å². The molecule has 0 rings (SSSR count). The predicted octanol–water partition coefficient (Wildman–Crippen LogP) is 0.917. The van der Waals surface area contributed by atoms with Gasteiger partial charge in [-0.2, -0.15) is 0 Å². The van der Waals surface area contributed by atoms with E-state index in [9.17, 15) is 4.39 Å². The number of halogens is 1. The molecular weight excluding hydrogens is 99.1 g/mol. The van der Waals surface area contributed by atoms with Crippen molar-refractivity contribution in [3.05, 3.63) is 12.1 Å². The van der Waals surface area contributed by atoms with Gasteiger partial charge in [0.1, 0.15) is 5.83 Å². The molecule has 0 saturated heterocycles. The van der Waals surface area contributed by atoms with Crippen LogP contribution in [-0.2, 0) is 4.43 Å². The number of hydrogen-bond donors (Lipinski definition) is 0. The second kappa shape index (κ2) is 2.90. The van der Waals surface area contributed by atoms with Gasteiger partial charge in [0.05, 0.1) is 6.26 Å². The van der Waals surface area contributed by atoms with Crippen molar-refractivity contribution >= 4 is 10.5 Å². The van der Waals surface area contributed by atoms with Crippen LogP contribution in [0.15, 0.2) is 12.1 Å². The topological polar surface area (TPSA) is 9.23 Å². The molecule has 0 unspecified atom stereocenters. The van der Waals surface area contributed by atoms with E-state index in [1.807, 2.05) is 0 Å². The molecule has 6 heavy (non-hydrogen) atoms. The second-order valence-electron chi connectivity index (χ2n) is 0.822. The summed E-state index contributed by atoms with van der Waals surface area (Å²) in [6, 6.07) is 0. The van der Waals surface area contributed by atoms with Crippen LogP contribution in [0.3, 0.4) is 0 Å². The maximum Gasteiger partial charge on any atom is 0.340 e. The molecule has 0 N–H and O–H groups in total. The molecule has 33 valence electrons. The SMILES string of the molecule is C/C(F)=C\O[Si]. The van der Waals surface area contributed by atoms with Gasteiger partial charge in [0.25, 0.3) is 0 Å². The van der Waals surface area contributed by atoms with E-state index in [-0.39, 0.29) is 5.83 Å².